The van der Waals surface area contributed by atoms with E-state index in [0.29, 0.717) is 18.7 Å². The first-order chi connectivity index (χ1) is 9.08. The van der Waals surface area contributed by atoms with Crippen LogP contribution in [-0.2, 0) is 0 Å². The summed E-state index contributed by atoms with van der Waals surface area (Å²) in [5.74, 6) is 0.0666. The summed E-state index contributed by atoms with van der Waals surface area (Å²) in [6.07, 6.45) is 1.29. The number of aliphatic hydroxyl groups excluding tert-OH is 1. The van der Waals surface area contributed by atoms with E-state index in [1.165, 1.54) is 11.2 Å². The van der Waals surface area contributed by atoms with Crippen LogP contribution in [-0.4, -0.2) is 45.1 Å². The first kappa shape index (κ1) is 11.9. The zero-order chi connectivity index (χ0) is 13.6. The number of β-amino-alcohol motifs (C(OH)–C–C–N with tert-alkyl or cyclic N) is 1. The fourth-order valence-electron chi connectivity index (χ4n) is 2.40. The second-order valence-electron chi connectivity index (χ2n) is 4.64. The molecule has 7 nitrogen and oxygen atoms in total. The zero-order valence-corrected chi connectivity index (χ0v) is 10.3. The third kappa shape index (κ3) is 1.82. The number of likely N-dealkylation sites (tertiary alicyclic amines) is 1. The van der Waals surface area contributed by atoms with E-state index in [2.05, 4.69) is 9.97 Å². The molecule has 19 heavy (non-hydrogen) atoms. The van der Waals surface area contributed by atoms with Crippen molar-refractivity contribution in [3.63, 3.8) is 0 Å². The highest BCUT2D eigenvalue weighted by Gasteiger charge is 2.30. The van der Waals surface area contributed by atoms with Crippen LogP contribution >= 0.6 is 0 Å². The van der Waals surface area contributed by atoms with E-state index < -0.39 is 11.7 Å². The number of nitrogens with zero attached hydrogens (tertiary/aromatic N) is 2. The summed E-state index contributed by atoms with van der Waals surface area (Å²) in [4.78, 5) is 32.1. The molecule has 1 aliphatic heterocycles. The van der Waals surface area contributed by atoms with E-state index in [4.69, 9.17) is 4.42 Å². The number of nitrogens with one attached hydrogen (secondary N) is 1. The maximum Gasteiger partial charge on any atom is 0.262 e. The predicted molar refractivity (Wildman–Crippen MR) is 65.9 cm³/mol. The van der Waals surface area contributed by atoms with Crippen molar-refractivity contribution in [3.05, 3.63) is 28.0 Å². The molecule has 1 atom stereocenters. The Kier molecular flexibility index (Phi) is 2.63. The van der Waals surface area contributed by atoms with Gasteiger partial charge in [0.1, 0.15) is 11.1 Å². The minimum Gasteiger partial charge on any atom is -0.442 e. The maximum atomic E-state index is 12.4. The van der Waals surface area contributed by atoms with Gasteiger partial charge in [0.2, 0.25) is 5.71 Å². The Morgan fingerprint density at radius 1 is 1.63 bits per heavy atom. The fraction of sp³-hybridized carbons (Fsp3) is 0.417. The molecule has 7 heteroatoms. The van der Waals surface area contributed by atoms with Crippen LogP contribution in [0.5, 0.6) is 0 Å². The second-order valence-corrected chi connectivity index (χ2v) is 4.64. The largest absolute Gasteiger partial charge is 0.442 e. The summed E-state index contributed by atoms with van der Waals surface area (Å²) in [5, 5.41) is 9.66. The molecule has 0 radical (unpaired) electrons. The number of aromatic amines is 1. The van der Waals surface area contributed by atoms with Gasteiger partial charge < -0.3 is 19.4 Å². The van der Waals surface area contributed by atoms with Crippen molar-refractivity contribution in [2.75, 3.05) is 13.1 Å². The average molecular weight is 263 g/mol. The van der Waals surface area contributed by atoms with Gasteiger partial charge in [0.05, 0.1) is 18.0 Å². The number of rotatable bonds is 1. The van der Waals surface area contributed by atoms with Gasteiger partial charge in [-0.2, -0.15) is 0 Å². The van der Waals surface area contributed by atoms with Gasteiger partial charge in [-0.3, -0.25) is 9.59 Å². The lowest BCUT2D eigenvalue weighted by atomic mass is 10.1. The molecule has 1 fully saturated rings. The number of fused-ring (bicyclic) bond motifs is 1. The third-order valence-corrected chi connectivity index (χ3v) is 3.33. The lowest BCUT2D eigenvalue weighted by molar-refractivity contribution is 0.0765. The van der Waals surface area contributed by atoms with Crippen molar-refractivity contribution in [1.82, 2.24) is 14.9 Å². The molecule has 2 aromatic rings. The molecule has 1 aliphatic rings. The van der Waals surface area contributed by atoms with Crippen LogP contribution < -0.4 is 5.56 Å². The molecule has 2 N–H and O–H groups in total. The molecular weight excluding hydrogens is 250 g/mol. The summed E-state index contributed by atoms with van der Waals surface area (Å²) in [7, 11) is 0. The van der Waals surface area contributed by atoms with Crippen molar-refractivity contribution in [1.29, 1.82) is 0 Å². The number of furan rings is 1. The van der Waals surface area contributed by atoms with E-state index >= 15 is 0 Å². The number of carbonyl (C=O) groups is 1. The zero-order valence-electron chi connectivity index (χ0n) is 10.3. The number of aromatic nitrogens is 2. The number of carbonyl (C=O) groups excluding carboxylic acids is 1. The molecule has 0 spiro atoms. The Balaban J connectivity index is 2.12. The molecular formula is C12H13N3O4. The van der Waals surface area contributed by atoms with Crippen LogP contribution in [0.1, 0.15) is 22.5 Å². The lowest BCUT2D eigenvalue weighted by Gasteiger charge is -2.14. The predicted octanol–water partition coefficient (Wildman–Crippen LogP) is 0.0313. The minimum atomic E-state index is -0.501. The first-order valence-electron chi connectivity index (χ1n) is 6.02. The summed E-state index contributed by atoms with van der Waals surface area (Å²) in [6, 6.07) is 0. The highest BCUT2D eigenvalue weighted by Crippen LogP contribution is 2.23. The Bertz CT molecular complexity index is 703. The van der Waals surface area contributed by atoms with Crippen LogP contribution in [0.3, 0.4) is 0 Å². The van der Waals surface area contributed by atoms with Crippen LogP contribution in [0.4, 0.5) is 0 Å². The quantitative estimate of drug-likeness (QED) is 0.756. The van der Waals surface area contributed by atoms with Crippen molar-refractivity contribution in [2.24, 2.45) is 0 Å². The van der Waals surface area contributed by atoms with Gasteiger partial charge in [-0.1, -0.05) is 0 Å². The van der Waals surface area contributed by atoms with E-state index in [9.17, 15) is 14.7 Å². The minimum absolute atomic E-state index is 0.157. The highest BCUT2D eigenvalue weighted by atomic mass is 16.3. The van der Waals surface area contributed by atoms with Crippen LogP contribution in [0, 0.1) is 6.92 Å². The maximum absolute atomic E-state index is 12.4. The molecule has 0 bridgehead atoms. The Hall–Kier alpha value is -2.15. The molecule has 0 saturated carbocycles. The topological polar surface area (TPSA) is 99.4 Å². The number of aliphatic hydroxyl groups is 1. The van der Waals surface area contributed by atoms with Crippen molar-refractivity contribution in [2.45, 2.75) is 19.4 Å². The summed E-state index contributed by atoms with van der Waals surface area (Å²) in [5.41, 5.74) is -0.00672. The third-order valence-electron chi connectivity index (χ3n) is 3.33. The van der Waals surface area contributed by atoms with Crippen molar-refractivity contribution in [3.8, 4) is 0 Å². The van der Waals surface area contributed by atoms with Gasteiger partial charge >= 0.3 is 0 Å². The van der Waals surface area contributed by atoms with Gasteiger partial charge in [-0.25, -0.2) is 4.98 Å². The summed E-state index contributed by atoms with van der Waals surface area (Å²) < 4.78 is 5.35. The summed E-state index contributed by atoms with van der Waals surface area (Å²) in [6.45, 7) is 2.38. The molecule has 3 heterocycles. The highest BCUT2D eigenvalue weighted by molar-refractivity contribution is 6.06. The smallest absolute Gasteiger partial charge is 0.262 e. The van der Waals surface area contributed by atoms with Gasteiger partial charge in [-0.15, -0.1) is 0 Å². The lowest BCUT2D eigenvalue weighted by Crippen LogP contribution is -2.30. The molecule has 0 aromatic carbocycles. The molecule has 100 valence electrons. The fourth-order valence-corrected chi connectivity index (χ4v) is 2.40. The molecule has 3 rings (SSSR count). The van der Waals surface area contributed by atoms with Gasteiger partial charge in [0.25, 0.3) is 11.5 Å². The molecule has 1 saturated heterocycles. The van der Waals surface area contributed by atoms with Crippen LogP contribution in [0.2, 0.25) is 0 Å². The van der Waals surface area contributed by atoms with Gasteiger partial charge in [-0.05, 0) is 13.3 Å². The molecule has 1 amide bonds. The SMILES string of the molecule is Cc1oc2nc[nH]c(=O)c2c1C(=O)N1CCC(O)C1. The van der Waals surface area contributed by atoms with Gasteiger partial charge in [0, 0.05) is 13.1 Å². The second kappa shape index (κ2) is 4.20. The number of hydrogen-bond donors (Lipinski definition) is 2. The first-order valence-corrected chi connectivity index (χ1v) is 6.02. The van der Waals surface area contributed by atoms with Crippen molar-refractivity contribution >= 4 is 17.0 Å². The molecule has 2 aromatic heterocycles. The number of H-pyrrole nitrogens is 1. The van der Waals surface area contributed by atoms with E-state index in [1.54, 1.807) is 6.92 Å². The Morgan fingerprint density at radius 2 is 2.42 bits per heavy atom. The molecule has 0 aliphatic carbocycles. The monoisotopic (exact) mass is 263 g/mol. The number of amides is 1. The standard InChI is InChI=1S/C12H13N3O4/c1-6-8(12(18)15-3-2-7(16)4-15)9-10(17)13-5-14-11(9)19-6/h5,7,16H,2-4H2,1H3,(H,13,14,17). The van der Waals surface area contributed by atoms with Crippen molar-refractivity contribution < 1.29 is 14.3 Å². The van der Waals surface area contributed by atoms with E-state index in [-0.39, 0.29) is 29.1 Å². The summed E-state index contributed by atoms with van der Waals surface area (Å²) >= 11 is 0. The van der Waals surface area contributed by atoms with E-state index in [0.717, 1.165) is 0 Å². The Morgan fingerprint density at radius 3 is 3.11 bits per heavy atom. The Labute approximate surface area is 107 Å². The average Bonchev–Trinajstić information content (AvgIpc) is 2.92. The van der Waals surface area contributed by atoms with E-state index in [1.807, 2.05) is 0 Å². The molecule has 1 unspecified atom stereocenters. The van der Waals surface area contributed by atoms with Crippen LogP contribution in [0.25, 0.3) is 11.1 Å². The number of aryl methyl sites for hydroxylation is 1. The number of hydrogen-bond acceptors (Lipinski definition) is 5. The van der Waals surface area contributed by atoms with Gasteiger partial charge in [0.15, 0.2) is 0 Å². The van der Waals surface area contributed by atoms with Crippen LogP contribution in [0.15, 0.2) is 15.5 Å². The normalized spacial score (nSPS) is 19.3.